The first-order chi connectivity index (χ1) is 16.3. The first-order valence-electron chi connectivity index (χ1n) is 10.2. The Hall–Kier alpha value is -2.65. The van der Waals surface area contributed by atoms with Gasteiger partial charge in [0.05, 0.1) is 11.3 Å². The van der Waals surface area contributed by atoms with Crippen molar-refractivity contribution in [1.82, 2.24) is 14.8 Å². The molecular weight excluding hydrogens is 581 g/mol. The fourth-order valence-electron chi connectivity index (χ4n) is 3.61. The van der Waals surface area contributed by atoms with Crippen molar-refractivity contribution in [2.45, 2.75) is 23.4 Å². The molecule has 1 atom stereocenters. The second kappa shape index (κ2) is 10.3. The topological polar surface area (TPSA) is 104 Å². The Labute approximate surface area is 209 Å². The van der Waals surface area contributed by atoms with Gasteiger partial charge in [0, 0.05) is 30.7 Å². The number of nitrogens with zero attached hydrogens (tertiary/aromatic N) is 5. The summed E-state index contributed by atoms with van der Waals surface area (Å²) in [5, 5.41) is 20.4. The number of hydrogen-bond donors (Lipinski definition) is 2. The molecule has 0 spiro atoms. The summed E-state index contributed by atoms with van der Waals surface area (Å²) in [6, 6.07) is 6.71. The van der Waals surface area contributed by atoms with Crippen LogP contribution < -0.4 is 13.5 Å². The average molecular weight is 602 g/mol. The molecule has 1 amide bonds. The van der Waals surface area contributed by atoms with Crippen LogP contribution in [-0.4, -0.2) is 39.0 Å². The molecule has 2 aromatic carbocycles. The number of carbonyl (C=O) groups excluding carboxylic acids is 1. The number of halogens is 3. The van der Waals surface area contributed by atoms with Gasteiger partial charge in [-0.2, -0.15) is 3.28 Å². The van der Waals surface area contributed by atoms with Crippen LogP contribution in [-0.2, 0) is 10.1 Å². The van der Waals surface area contributed by atoms with Gasteiger partial charge in [-0.15, -0.1) is 10.2 Å². The van der Waals surface area contributed by atoms with Gasteiger partial charge in [-0.05, 0) is 54.4 Å². The van der Waals surface area contributed by atoms with Gasteiger partial charge in [-0.1, -0.05) is 6.92 Å². The summed E-state index contributed by atoms with van der Waals surface area (Å²) in [6.07, 6.45) is 2.43. The summed E-state index contributed by atoms with van der Waals surface area (Å²) in [4.78, 5) is 15.4. The fourth-order valence-corrected chi connectivity index (χ4v) is 5.02. The highest BCUT2D eigenvalue weighted by atomic mass is 127. The Morgan fingerprint density at radius 2 is 2.03 bits per heavy atom. The zero-order chi connectivity index (χ0) is 24.4. The summed E-state index contributed by atoms with van der Waals surface area (Å²) in [6.45, 7) is 3.50. The number of aryl methyl sites for hydroxylation is 1. The van der Waals surface area contributed by atoms with E-state index in [0.29, 0.717) is 38.0 Å². The first-order valence-corrected chi connectivity index (χ1v) is 12.9. The van der Waals surface area contributed by atoms with Gasteiger partial charge in [0.1, 0.15) is 12.0 Å². The highest BCUT2D eigenvalue weighted by molar-refractivity contribution is 14.1. The van der Waals surface area contributed by atoms with Crippen molar-refractivity contribution in [3.05, 3.63) is 53.9 Å². The van der Waals surface area contributed by atoms with E-state index in [-0.39, 0.29) is 11.3 Å². The fraction of sp³-hybridized carbons (Fsp3) is 0.286. The summed E-state index contributed by atoms with van der Waals surface area (Å²) < 4.78 is 43.1. The first kappa shape index (κ1) is 24.5. The molecule has 180 valence electrons. The van der Waals surface area contributed by atoms with Crippen LogP contribution in [0.4, 0.5) is 25.8 Å². The molecule has 9 nitrogen and oxygen atoms in total. The molecular formula is C21H21F2IN6O3S. The number of carbonyl (C=O) groups is 1. The predicted octanol–water partition coefficient (Wildman–Crippen LogP) is 4.77. The Kier molecular flexibility index (Phi) is 7.42. The lowest BCUT2D eigenvalue weighted by Crippen LogP contribution is -2.20. The van der Waals surface area contributed by atoms with E-state index in [1.54, 1.807) is 11.6 Å². The van der Waals surface area contributed by atoms with Crippen molar-refractivity contribution >= 4 is 56.2 Å². The summed E-state index contributed by atoms with van der Waals surface area (Å²) in [5.41, 5.74) is -0.0285. The highest BCUT2D eigenvalue weighted by Crippen LogP contribution is 2.34. The Bertz CT molecular complexity index is 1220. The van der Waals surface area contributed by atoms with Crippen molar-refractivity contribution in [2.75, 3.05) is 26.6 Å². The molecule has 1 aliphatic rings. The van der Waals surface area contributed by atoms with Gasteiger partial charge in [0.2, 0.25) is 0 Å². The van der Waals surface area contributed by atoms with Crippen LogP contribution in [0.3, 0.4) is 0 Å². The Balaban J connectivity index is 1.65. The van der Waals surface area contributed by atoms with E-state index >= 15 is 0 Å². The average Bonchev–Trinajstić information content (AvgIpc) is 3.43. The van der Waals surface area contributed by atoms with Crippen molar-refractivity contribution in [2.24, 2.45) is 13.0 Å². The molecule has 13 heteroatoms. The van der Waals surface area contributed by atoms with Gasteiger partial charge in [0.15, 0.2) is 16.8 Å². The SMILES string of the molecule is C[C@H]1CCN(c2cc(F)c(NC(=O)c3cc(N(O)I=O)ccc3Sc3nncn3C)c(F)c2)C1. The molecule has 34 heavy (non-hydrogen) atoms. The molecule has 0 bridgehead atoms. The summed E-state index contributed by atoms with van der Waals surface area (Å²) >= 11 is -0.838. The molecule has 3 aromatic rings. The number of aromatic nitrogens is 3. The normalized spacial score (nSPS) is 15.6. The molecule has 1 fully saturated rings. The molecule has 0 radical (unpaired) electrons. The zero-order valence-corrected chi connectivity index (χ0v) is 21.2. The van der Waals surface area contributed by atoms with E-state index in [1.165, 1.54) is 36.7 Å². The Morgan fingerprint density at radius 3 is 2.62 bits per heavy atom. The van der Waals surface area contributed by atoms with E-state index in [9.17, 15) is 21.9 Å². The van der Waals surface area contributed by atoms with Crippen LogP contribution in [0.5, 0.6) is 0 Å². The van der Waals surface area contributed by atoms with Crippen LogP contribution in [0.15, 0.2) is 46.7 Å². The molecule has 2 N–H and O–H groups in total. The highest BCUT2D eigenvalue weighted by Gasteiger charge is 2.24. The number of anilines is 3. The molecule has 1 aliphatic heterocycles. The van der Waals surface area contributed by atoms with Crippen LogP contribution >= 0.6 is 33.2 Å². The monoisotopic (exact) mass is 602 g/mol. The lowest BCUT2D eigenvalue weighted by molar-refractivity contribution is 0.102. The second-order valence-corrected chi connectivity index (χ2v) is 10.2. The maximum absolute atomic E-state index is 14.9. The minimum absolute atomic E-state index is 0.0123. The van der Waals surface area contributed by atoms with Crippen molar-refractivity contribution < 1.29 is 21.9 Å². The van der Waals surface area contributed by atoms with Crippen molar-refractivity contribution in [3.63, 3.8) is 0 Å². The molecule has 4 rings (SSSR count). The van der Waals surface area contributed by atoms with E-state index in [1.807, 2.05) is 4.90 Å². The summed E-state index contributed by atoms with van der Waals surface area (Å²) in [5.74, 6) is -2.15. The number of amides is 1. The van der Waals surface area contributed by atoms with Gasteiger partial charge in [-0.25, -0.2) is 11.8 Å². The molecule has 2 heterocycles. The van der Waals surface area contributed by atoms with Crippen LogP contribution in [0.1, 0.15) is 23.7 Å². The number of benzene rings is 2. The molecule has 1 saturated heterocycles. The van der Waals surface area contributed by atoms with Gasteiger partial charge in [0.25, 0.3) is 27.4 Å². The smallest absolute Gasteiger partial charge is 0.300 e. The van der Waals surface area contributed by atoms with Gasteiger partial charge >= 0.3 is 0 Å². The third-order valence-electron chi connectivity index (χ3n) is 5.41. The number of nitrogens with one attached hydrogen (secondary N) is 1. The van der Waals surface area contributed by atoms with E-state index < -0.39 is 44.7 Å². The zero-order valence-electron chi connectivity index (χ0n) is 18.2. The van der Waals surface area contributed by atoms with Crippen LogP contribution in [0, 0.1) is 17.6 Å². The van der Waals surface area contributed by atoms with Crippen molar-refractivity contribution in [1.29, 1.82) is 0 Å². The maximum atomic E-state index is 14.9. The Morgan fingerprint density at radius 1 is 1.29 bits per heavy atom. The van der Waals surface area contributed by atoms with Crippen LogP contribution in [0.2, 0.25) is 0 Å². The predicted molar refractivity (Wildman–Crippen MR) is 131 cm³/mol. The van der Waals surface area contributed by atoms with E-state index in [2.05, 4.69) is 22.4 Å². The quantitative estimate of drug-likeness (QED) is 0.227. The van der Waals surface area contributed by atoms with Crippen LogP contribution in [0.25, 0.3) is 0 Å². The molecule has 0 saturated carbocycles. The standard InChI is InChI=1S/C21H21F2IN6O3S/c1-12-5-6-29(10-12)14-8-16(22)19(17(23)9-14)26-20(31)15-7-13(30(33)24-32)3-4-18(15)34-21-27-25-11-28(21)2/h3-4,7-9,11-12,33H,5-6,10H2,1-2H3,(H,26,31)/t12-/m0/s1. The van der Waals surface area contributed by atoms with Gasteiger partial charge < -0.3 is 14.8 Å². The summed E-state index contributed by atoms with van der Waals surface area (Å²) in [7, 11) is 1.72. The van der Waals surface area contributed by atoms with E-state index in [0.717, 1.165) is 18.2 Å². The molecule has 1 aromatic heterocycles. The molecule has 0 aliphatic carbocycles. The van der Waals surface area contributed by atoms with Gasteiger partial charge in [-0.3, -0.25) is 10.0 Å². The van der Waals surface area contributed by atoms with E-state index in [4.69, 9.17) is 0 Å². The minimum atomic E-state index is -1.95. The largest absolute Gasteiger partial charge is 0.371 e. The minimum Gasteiger partial charge on any atom is -0.371 e. The second-order valence-electron chi connectivity index (χ2n) is 7.91. The lowest BCUT2D eigenvalue weighted by Gasteiger charge is -2.20. The third kappa shape index (κ3) is 5.20. The third-order valence-corrected chi connectivity index (χ3v) is 7.47. The lowest BCUT2D eigenvalue weighted by atomic mass is 10.1. The number of rotatable bonds is 7. The number of hydrogen-bond acceptors (Lipinski definition) is 7. The van der Waals surface area contributed by atoms with Crippen molar-refractivity contribution in [3.8, 4) is 0 Å². The molecule has 0 unspecified atom stereocenters. The maximum Gasteiger partial charge on any atom is 0.300 e.